The first-order valence-electron chi connectivity index (χ1n) is 5.27. The smallest absolute Gasteiger partial charge is 0.159 e. The molecule has 0 heterocycles. The van der Waals surface area contributed by atoms with E-state index in [0.717, 1.165) is 12.8 Å². The minimum absolute atomic E-state index is 0.272. The molecule has 13 heavy (non-hydrogen) atoms. The molecule has 1 aliphatic carbocycles. The third-order valence-corrected chi connectivity index (χ3v) is 3.05. The van der Waals surface area contributed by atoms with Gasteiger partial charge in [-0.3, -0.25) is 4.79 Å². The van der Waals surface area contributed by atoms with Gasteiger partial charge in [0, 0.05) is 5.92 Å². The van der Waals surface area contributed by atoms with Gasteiger partial charge in [0.15, 0.2) is 5.78 Å². The van der Waals surface area contributed by atoms with E-state index in [-0.39, 0.29) is 5.92 Å². The Morgan fingerprint density at radius 2 is 2.15 bits per heavy atom. The number of hydrogen-bond acceptors (Lipinski definition) is 1. The minimum Gasteiger partial charge on any atom is -0.295 e. The highest BCUT2D eigenvalue weighted by Crippen LogP contribution is 2.34. The number of ketones is 1. The van der Waals surface area contributed by atoms with Crippen LogP contribution in [0.1, 0.15) is 40.5 Å². The molecule has 0 spiro atoms. The Labute approximate surface area is 81.2 Å². The summed E-state index contributed by atoms with van der Waals surface area (Å²) in [5.74, 6) is 1.69. The Kier molecular flexibility index (Phi) is 3.29. The van der Waals surface area contributed by atoms with Crippen molar-refractivity contribution in [3.8, 4) is 0 Å². The van der Waals surface area contributed by atoms with Crippen molar-refractivity contribution >= 4 is 5.78 Å². The van der Waals surface area contributed by atoms with Gasteiger partial charge in [0.1, 0.15) is 0 Å². The second-order valence-corrected chi connectivity index (χ2v) is 4.54. The summed E-state index contributed by atoms with van der Waals surface area (Å²) in [6.45, 7) is 8.56. The zero-order chi connectivity index (χ0) is 10.0. The molecule has 0 amide bonds. The Hall–Kier alpha value is -0.590. The van der Waals surface area contributed by atoms with Crippen molar-refractivity contribution in [2.45, 2.75) is 40.5 Å². The van der Waals surface area contributed by atoms with Crippen molar-refractivity contribution in [1.29, 1.82) is 0 Å². The van der Waals surface area contributed by atoms with Crippen LogP contribution in [0.15, 0.2) is 11.6 Å². The van der Waals surface area contributed by atoms with E-state index in [4.69, 9.17) is 0 Å². The molecule has 0 N–H and O–H groups in total. The number of hydrogen-bond donors (Lipinski definition) is 0. The van der Waals surface area contributed by atoms with Crippen molar-refractivity contribution in [2.75, 3.05) is 0 Å². The highest BCUT2D eigenvalue weighted by molar-refractivity contribution is 5.93. The summed E-state index contributed by atoms with van der Waals surface area (Å²) in [7, 11) is 0. The van der Waals surface area contributed by atoms with Gasteiger partial charge in [0.2, 0.25) is 0 Å². The number of carbonyl (C=O) groups excluding carboxylic acids is 1. The second kappa shape index (κ2) is 4.08. The van der Waals surface area contributed by atoms with Crippen molar-refractivity contribution < 1.29 is 4.79 Å². The third kappa shape index (κ3) is 2.20. The maximum absolute atomic E-state index is 11.7. The van der Waals surface area contributed by atoms with Gasteiger partial charge in [-0.15, -0.1) is 0 Å². The van der Waals surface area contributed by atoms with Gasteiger partial charge < -0.3 is 0 Å². The van der Waals surface area contributed by atoms with Crippen LogP contribution in [-0.4, -0.2) is 5.78 Å². The number of carbonyl (C=O) groups is 1. The highest BCUT2D eigenvalue weighted by Gasteiger charge is 2.31. The molecule has 2 atom stereocenters. The molecule has 0 aliphatic heterocycles. The first-order chi connectivity index (χ1) is 6.06. The van der Waals surface area contributed by atoms with Crippen LogP contribution >= 0.6 is 0 Å². The van der Waals surface area contributed by atoms with Crippen molar-refractivity contribution in [2.24, 2.45) is 17.8 Å². The second-order valence-electron chi connectivity index (χ2n) is 4.54. The monoisotopic (exact) mass is 180 g/mol. The average Bonchev–Trinajstić information content (AvgIpc) is 2.01. The summed E-state index contributed by atoms with van der Waals surface area (Å²) < 4.78 is 0. The Morgan fingerprint density at radius 1 is 1.54 bits per heavy atom. The van der Waals surface area contributed by atoms with Crippen molar-refractivity contribution in [1.82, 2.24) is 0 Å². The van der Waals surface area contributed by atoms with Gasteiger partial charge in [0.05, 0.1) is 0 Å². The van der Waals surface area contributed by atoms with E-state index >= 15 is 0 Å². The standard InChI is InChI=1S/C12H20O/c1-5-10-6-9(4)7-11(13)12(10)8(2)3/h7-8,10,12H,5-6H2,1-4H3. The van der Waals surface area contributed by atoms with Gasteiger partial charge in [-0.2, -0.15) is 0 Å². The molecule has 0 saturated carbocycles. The van der Waals surface area contributed by atoms with Crippen LogP contribution < -0.4 is 0 Å². The lowest BCUT2D eigenvalue weighted by molar-refractivity contribution is -0.122. The molecule has 2 unspecified atom stereocenters. The van der Waals surface area contributed by atoms with Gasteiger partial charge in [0.25, 0.3) is 0 Å². The molecule has 0 radical (unpaired) electrons. The Bertz CT molecular complexity index is 225. The van der Waals surface area contributed by atoms with Gasteiger partial charge in [-0.1, -0.05) is 32.8 Å². The molecule has 74 valence electrons. The number of rotatable bonds is 2. The summed E-state index contributed by atoms with van der Waals surface area (Å²) >= 11 is 0. The van der Waals surface area contributed by atoms with Gasteiger partial charge in [-0.05, 0) is 31.3 Å². The largest absolute Gasteiger partial charge is 0.295 e. The fraction of sp³-hybridized carbons (Fsp3) is 0.750. The molecule has 0 aromatic heterocycles. The third-order valence-electron chi connectivity index (χ3n) is 3.05. The molecule has 1 rings (SSSR count). The van der Waals surface area contributed by atoms with Gasteiger partial charge in [-0.25, -0.2) is 0 Å². The summed E-state index contributed by atoms with van der Waals surface area (Å²) in [6, 6.07) is 0. The van der Waals surface area contributed by atoms with Crippen LogP contribution in [0, 0.1) is 17.8 Å². The van der Waals surface area contributed by atoms with E-state index in [1.54, 1.807) is 0 Å². The van der Waals surface area contributed by atoms with E-state index < -0.39 is 0 Å². The van der Waals surface area contributed by atoms with E-state index in [9.17, 15) is 4.79 Å². The van der Waals surface area contributed by atoms with E-state index in [1.807, 2.05) is 6.08 Å². The Balaban J connectivity index is 2.86. The zero-order valence-corrected chi connectivity index (χ0v) is 9.13. The summed E-state index contributed by atoms with van der Waals surface area (Å²) in [4.78, 5) is 11.7. The molecule has 0 bridgehead atoms. The topological polar surface area (TPSA) is 17.1 Å². The quantitative estimate of drug-likeness (QED) is 0.637. The molecule has 0 aromatic rings. The Morgan fingerprint density at radius 3 is 2.62 bits per heavy atom. The summed E-state index contributed by atoms with van der Waals surface area (Å²) in [5, 5.41) is 0. The van der Waals surface area contributed by atoms with Gasteiger partial charge >= 0.3 is 0 Å². The van der Waals surface area contributed by atoms with E-state index in [1.165, 1.54) is 5.57 Å². The SMILES string of the molecule is CCC1CC(C)=CC(=O)C1C(C)C. The van der Waals surface area contributed by atoms with Crippen molar-refractivity contribution in [3.05, 3.63) is 11.6 Å². The zero-order valence-electron chi connectivity index (χ0n) is 9.13. The molecule has 0 saturated heterocycles. The molecule has 1 heteroatoms. The van der Waals surface area contributed by atoms with E-state index in [0.29, 0.717) is 17.6 Å². The normalized spacial score (nSPS) is 29.3. The van der Waals surface area contributed by atoms with Crippen LogP contribution in [0.25, 0.3) is 0 Å². The first-order valence-corrected chi connectivity index (χ1v) is 5.27. The average molecular weight is 180 g/mol. The molecular weight excluding hydrogens is 160 g/mol. The molecular formula is C12H20O. The summed E-state index contributed by atoms with van der Waals surface area (Å²) in [6.07, 6.45) is 4.08. The van der Waals surface area contributed by atoms with Crippen LogP contribution in [-0.2, 0) is 4.79 Å². The predicted molar refractivity (Wildman–Crippen MR) is 55.5 cm³/mol. The lowest BCUT2D eigenvalue weighted by atomic mass is 9.72. The van der Waals surface area contributed by atoms with E-state index in [2.05, 4.69) is 27.7 Å². The summed E-state index contributed by atoms with van der Waals surface area (Å²) in [5.41, 5.74) is 1.26. The van der Waals surface area contributed by atoms with Crippen molar-refractivity contribution in [3.63, 3.8) is 0 Å². The lowest BCUT2D eigenvalue weighted by Crippen LogP contribution is -2.30. The maximum atomic E-state index is 11.7. The van der Waals surface area contributed by atoms with Crippen LogP contribution in [0.3, 0.4) is 0 Å². The maximum Gasteiger partial charge on any atom is 0.159 e. The fourth-order valence-corrected chi connectivity index (χ4v) is 2.44. The minimum atomic E-state index is 0.272. The highest BCUT2D eigenvalue weighted by atomic mass is 16.1. The first kappa shape index (κ1) is 10.5. The van der Waals surface area contributed by atoms with Crippen LogP contribution in [0.4, 0.5) is 0 Å². The fourth-order valence-electron chi connectivity index (χ4n) is 2.44. The number of allylic oxidation sites excluding steroid dienone is 2. The predicted octanol–water partition coefficient (Wildman–Crippen LogP) is 3.20. The molecule has 1 aliphatic rings. The lowest BCUT2D eigenvalue weighted by Gasteiger charge is -2.31. The van der Waals surface area contributed by atoms with Crippen LogP contribution in [0.5, 0.6) is 0 Å². The molecule has 0 aromatic carbocycles. The molecule has 0 fully saturated rings. The molecule has 1 nitrogen and oxygen atoms in total. The van der Waals surface area contributed by atoms with Crippen LogP contribution in [0.2, 0.25) is 0 Å².